The SMILES string of the molecule is CCN(c1cc(-c2ccc(OCCOCCCOc3cc(C(C(=O)N4C[C@H](O)C[C@H]4C(=O)N[C@@H](C)c4ccc(-c5scnc5C)cc4)C(C)C)on3)cc2)cc(C(=O)NCC2=C(C)C=C(C)NC2C)c1C)C1CCOCC1. The molecule has 3 amide bonds. The third-order valence-electron chi connectivity index (χ3n) is 15.0. The molecule has 2 fully saturated rings. The minimum atomic E-state index is -0.845. The number of carbonyl (C=O) groups excluding carboxylic acids is 3. The van der Waals surface area contributed by atoms with E-state index in [-0.39, 0.29) is 54.6 Å². The van der Waals surface area contributed by atoms with Crippen molar-refractivity contribution in [2.75, 3.05) is 64.2 Å². The summed E-state index contributed by atoms with van der Waals surface area (Å²) < 4.78 is 29.2. The molecule has 0 aliphatic carbocycles. The smallest absolute Gasteiger partial charge is 0.254 e. The van der Waals surface area contributed by atoms with Gasteiger partial charge < -0.3 is 54.3 Å². The summed E-state index contributed by atoms with van der Waals surface area (Å²) >= 11 is 1.59. The summed E-state index contributed by atoms with van der Waals surface area (Å²) in [5, 5.41) is 24.6. The average molecular weight is 1070 g/mol. The van der Waals surface area contributed by atoms with Crippen LogP contribution in [0.15, 0.2) is 99.7 Å². The Balaban J connectivity index is 0.801. The van der Waals surface area contributed by atoms with Crippen LogP contribution in [0.3, 0.4) is 0 Å². The van der Waals surface area contributed by atoms with E-state index in [0.717, 1.165) is 82.4 Å². The quantitative estimate of drug-likeness (QED) is 0.0453. The molecule has 3 aliphatic rings. The molecule has 3 aliphatic heterocycles. The molecule has 4 N–H and O–H groups in total. The highest BCUT2D eigenvalue weighted by atomic mass is 32.1. The molecule has 5 atom stereocenters. The molecule has 16 nitrogen and oxygen atoms in total. The highest BCUT2D eigenvalue weighted by molar-refractivity contribution is 7.13. The summed E-state index contributed by atoms with van der Waals surface area (Å²) in [5.41, 5.74) is 12.9. The second-order valence-corrected chi connectivity index (χ2v) is 21.7. The summed E-state index contributed by atoms with van der Waals surface area (Å²) in [5.74, 6) is -0.399. The molecular weight excluding hydrogens is 995 g/mol. The van der Waals surface area contributed by atoms with E-state index in [4.69, 9.17) is 23.5 Å². The molecule has 5 aromatic rings. The lowest BCUT2D eigenvalue weighted by atomic mass is 9.91. The number of likely N-dealkylation sites (tertiary alicyclic amines) is 1. The van der Waals surface area contributed by atoms with Crippen LogP contribution in [0.25, 0.3) is 21.6 Å². The Kier molecular flexibility index (Phi) is 19.3. The number of aliphatic hydroxyl groups excluding tert-OH is 1. The van der Waals surface area contributed by atoms with E-state index in [2.05, 4.69) is 77.8 Å². The van der Waals surface area contributed by atoms with Crippen LogP contribution in [-0.4, -0.2) is 121 Å². The zero-order valence-corrected chi connectivity index (χ0v) is 47.0. The standard InChI is InChI=1S/C60H77N7O9S/c1-10-66(47-20-24-73-25-21-47)52-30-46(29-50(39(52)6)58(69)61-33-51-37(4)28-38(5)63-41(51)8)44-16-18-49(19-17-44)74-27-26-72-22-11-23-75-55-32-54(76-65-55)56(36(2)3)60(71)67-34-48(68)31-53(67)59(70)64-40(7)43-12-14-45(15-13-43)57-42(9)62-35-77-57/h12-19,28-30,32,35-36,40-41,47-48,53,56,63,68H,10-11,20-27,31,33-34H2,1-9H3,(H,61,69)(H,64,70)/t40-,41?,48+,53-,56?/m0/s1. The Hall–Kier alpha value is -6.53. The van der Waals surface area contributed by atoms with Gasteiger partial charge in [-0.15, -0.1) is 11.3 Å². The van der Waals surface area contributed by atoms with Crippen molar-refractivity contribution in [1.82, 2.24) is 31.0 Å². The second kappa shape index (κ2) is 26.2. The number of nitrogens with zero attached hydrogens (tertiary/aromatic N) is 4. The van der Waals surface area contributed by atoms with Crippen molar-refractivity contribution < 1.29 is 43.0 Å². The van der Waals surface area contributed by atoms with Crippen molar-refractivity contribution in [2.24, 2.45) is 5.92 Å². The van der Waals surface area contributed by atoms with Gasteiger partial charge in [0.15, 0.2) is 5.76 Å². The summed E-state index contributed by atoms with van der Waals surface area (Å²) in [6, 6.07) is 21.1. The molecule has 412 valence electrons. The molecule has 8 rings (SSSR count). The number of nitrogens with one attached hydrogen (secondary N) is 3. The van der Waals surface area contributed by atoms with Crippen LogP contribution < -0.4 is 30.3 Å². The molecular formula is C60H77N7O9S. The normalized spacial score (nSPS) is 18.7. The first kappa shape index (κ1) is 56.7. The first-order chi connectivity index (χ1) is 37.1. The molecule has 17 heteroatoms. The number of hydrogen-bond donors (Lipinski definition) is 4. The van der Waals surface area contributed by atoms with Crippen molar-refractivity contribution in [3.63, 3.8) is 0 Å². The van der Waals surface area contributed by atoms with Crippen LogP contribution in [0, 0.1) is 19.8 Å². The van der Waals surface area contributed by atoms with Gasteiger partial charge in [0.05, 0.1) is 41.4 Å². The third kappa shape index (κ3) is 14.0. The topological polar surface area (TPSA) is 190 Å². The molecule has 77 heavy (non-hydrogen) atoms. The third-order valence-corrected chi connectivity index (χ3v) is 16.0. The molecule has 3 aromatic carbocycles. The van der Waals surface area contributed by atoms with Gasteiger partial charge in [-0.05, 0) is 142 Å². The van der Waals surface area contributed by atoms with E-state index >= 15 is 0 Å². The molecule has 0 saturated carbocycles. The minimum Gasteiger partial charge on any atom is -0.491 e. The van der Waals surface area contributed by atoms with Crippen LogP contribution in [0.5, 0.6) is 11.6 Å². The first-order valence-electron chi connectivity index (χ1n) is 27.2. The van der Waals surface area contributed by atoms with Gasteiger partial charge in [-0.1, -0.05) is 50.2 Å². The van der Waals surface area contributed by atoms with Crippen LogP contribution in [0.1, 0.15) is 119 Å². The van der Waals surface area contributed by atoms with Gasteiger partial charge in [-0.2, -0.15) is 0 Å². The lowest BCUT2D eigenvalue weighted by Crippen LogP contribution is -2.48. The number of carbonyl (C=O) groups is 3. The molecule has 2 aromatic heterocycles. The van der Waals surface area contributed by atoms with Crippen LogP contribution >= 0.6 is 11.3 Å². The Labute approximate surface area is 457 Å². The van der Waals surface area contributed by atoms with Gasteiger partial charge >= 0.3 is 0 Å². The van der Waals surface area contributed by atoms with Crippen LogP contribution in [0.2, 0.25) is 0 Å². The van der Waals surface area contributed by atoms with E-state index in [0.29, 0.717) is 62.5 Å². The fraction of sp³-hybridized carbons (Fsp3) is 0.483. The van der Waals surface area contributed by atoms with E-state index in [1.165, 1.54) is 16.0 Å². The average Bonchev–Trinajstić information content (AvgIpc) is 4.17. The highest BCUT2D eigenvalue weighted by Gasteiger charge is 2.43. The number of benzene rings is 3. The monoisotopic (exact) mass is 1070 g/mol. The Morgan fingerprint density at radius 2 is 1.66 bits per heavy atom. The first-order valence-corrected chi connectivity index (χ1v) is 28.1. The fourth-order valence-electron chi connectivity index (χ4n) is 10.8. The number of aromatic nitrogens is 2. The number of ether oxygens (including phenoxy) is 4. The highest BCUT2D eigenvalue weighted by Crippen LogP contribution is 2.36. The molecule has 5 heterocycles. The number of β-amino-alcohol motifs (C(OH)–C–C–N with tert-alkyl or cyclic N) is 1. The number of anilines is 1. The summed E-state index contributed by atoms with van der Waals surface area (Å²) in [6.07, 6.45) is 3.88. The second-order valence-electron chi connectivity index (χ2n) is 20.9. The molecule has 0 bridgehead atoms. The van der Waals surface area contributed by atoms with Gasteiger partial charge in [0, 0.05) is 87.4 Å². The Bertz CT molecular complexity index is 2870. The van der Waals surface area contributed by atoms with Gasteiger partial charge in [0.25, 0.3) is 11.8 Å². The number of rotatable bonds is 23. The maximum atomic E-state index is 14.2. The summed E-state index contributed by atoms with van der Waals surface area (Å²) in [4.78, 5) is 51.4. The lowest BCUT2D eigenvalue weighted by Gasteiger charge is -2.37. The number of aliphatic hydroxyl groups is 1. The number of thiazole rings is 1. The molecule has 2 unspecified atom stereocenters. The van der Waals surface area contributed by atoms with Gasteiger partial charge in [-0.3, -0.25) is 14.4 Å². The van der Waals surface area contributed by atoms with Crippen molar-refractivity contribution in [1.29, 1.82) is 0 Å². The number of dihydropyridines is 1. The van der Waals surface area contributed by atoms with E-state index < -0.39 is 18.1 Å². The molecule has 2 saturated heterocycles. The van der Waals surface area contributed by atoms with Crippen molar-refractivity contribution in [2.45, 2.75) is 124 Å². The van der Waals surface area contributed by atoms with Crippen molar-refractivity contribution >= 4 is 34.7 Å². The zero-order chi connectivity index (χ0) is 54.8. The number of amides is 3. The van der Waals surface area contributed by atoms with Crippen LogP contribution in [0.4, 0.5) is 5.69 Å². The lowest BCUT2D eigenvalue weighted by molar-refractivity contribution is -0.141. The van der Waals surface area contributed by atoms with Gasteiger partial charge in [-0.25, -0.2) is 4.98 Å². The predicted octanol–water partition coefficient (Wildman–Crippen LogP) is 9.47. The maximum Gasteiger partial charge on any atom is 0.254 e. The Morgan fingerprint density at radius 3 is 2.35 bits per heavy atom. The maximum absolute atomic E-state index is 14.2. The summed E-state index contributed by atoms with van der Waals surface area (Å²) in [6.45, 7) is 22.4. The summed E-state index contributed by atoms with van der Waals surface area (Å²) in [7, 11) is 0. The number of hydrogen-bond acceptors (Lipinski definition) is 14. The van der Waals surface area contributed by atoms with Crippen molar-refractivity contribution in [3.05, 3.63) is 123 Å². The van der Waals surface area contributed by atoms with Crippen molar-refractivity contribution in [3.8, 4) is 33.2 Å². The Morgan fingerprint density at radius 1 is 0.922 bits per heavy atom. The molecule has 0 radical (unpaired) electrons. The van der Waals surface area contributed by atoms with E-state index in [1.54, 1.807) is 17.4 Å². The molecule has 0 spiro atoms. The predicted molar refractivity (Wildman–Crippen MR) is 300 cm³/mol. The van der Waals surface area contributed by atoms with E-state index in [1.807, 2.05) is 87.8 Å². The van der Waals surface area contributed by atoms with Gasteiger partial charge in [0.1, 0.15) is 24.3 Å². The minimum absolute atomic E-state index is 0.0372. The van der Waals surface area contributed by atoms with E-state index in [9.17, 15) is 19.5 Å². The number of aryl methyl sites for hydroxylation is 1. The van der Waals surface area contributed by atoms with Crippen LogP contribution in [-0.2, 0) is 19.1 Å². The largest absolute Gasteiger partial charge is 0.491 e. The zero-order valence-electron chi connectivity index (χ0n) is 46.1. The van der Waals surface area contributed by atoms with Gasteiger partial charge in [0.2, 0.25) is 11.8 Å². The number of allylic oxidation sites excluding steroid dienone is 3. The fourth-order valence-corrected chi connectivity index (χ4v) is 11.6.